The minimum Gasteiger partial charge on any atom is -0.389 e. The number of aliphatic hydroxyl groups is 1. The number of benzene rings is 1. The van der Waals surface area contributed by atoms with Gasteiger partial charge in [-0.15, -0.1) is 0 Å². The smallest absolute Gasteiger partial charge is 0.0801 e. The van der Waals surface area contributed by atoms with Crippen molar-refractivity contribution >= 4 is 21.6 Å². The van der Waals surface area contributed by atoms with E-state index >= 15 is 0 Å². The molecule has 1 saturated heterocycles. The maximum Gasteiger partial charge on any atom is 0.0801 e. The van der Waals surface area contributed by atoms with Gasteiger partial charge >= 0.3 is 0 Å². The third-order valence-corrected chi connectivity index (χ3v) is 3.86. The van der Waals surface area contributed by atoms with Crippen LogP contribution >= 0.6 is 15.9 Å². The van der Waals surface area contributed by atoms with Crippen LogP contribution in [0.1, 0.15) is 32.4 Å². The van der Waals surface area contributed by atoms with Crippen molar-refractivity contribution in [3.63, 3.8) is 0 Å². The van der Waals surface area contributed by atoms with E-state index in [4.69, 9.17) is 4.74 Å². The number of morpholine rings is 1. The van der Waals surface area contributed by atoms with E-state index in [1.54, 1.807) is 6.92 Å². The molecule has 0 aromatic heterocycles. The topological polar surface area (TPSA) is 32.7 Å². The van der Waals surface area contributed by atoms with E-state index in [0.29, 0.717) is 0 Å². The highest BCUT2D eigenvalue weighted by molar-refractivity contribution is 9.10. The Morgan fingerprint density at radius 2 is 2.17 bits per heavy atom. The number of rotatable bonds is 2. The molecule has 1 N–H and O–H groups in total. The summed E-state index contributed by atoms with van der Waals surface area (Å²) in [4.78, 5) is 2.32. The number of nitrogens with zero attached hydrogens (tertiary/aromatic N) is 1. The van der Waals surface area contributed by atoms with Crippen molar-refractivity contribution in [3.05, 3.63) is 28.2 Å². The molecule has 0 saturated carbocycles. The molecular formula is C14H20BrNO2. The van der Waals surface area contributed by atoms with Crippen LogP contribution in [0.5, 0.6) is 0 Å². The zero-order valence-electron chi connectivity index (χ0n) is 11.1. The molecule has 0 amide bonds. The molecule has 1 fully saturated rings. The fraction of sp³-hybridized carbons (Fsp3) is 0.571. The van der Waals surface area contributed by atoms with Crippen molar-refractivity contribution in [2.45, 2.75) is 32.5 Å². The van der Waals surface area contributed by atoms with E-state index in [9.17, 15) is 5.11 Å². The van der Waals surface area contributed by atoms with Crippen LogP contribution in [-0.2, 0) is 4.74 Å². The first-order valence-electron chi connectivity index (χ1n) is 6.25. The van der Waals surface area contributed by atoms with Gasteiger partial charge in [0.2, 0.25) is 0 Å². The molecule has 4 heteroatoms. The van der Waals surface area contributed by atoms with E-state index in [2.05, 4.69) is 40.7 Å². The van der Waals surface area contributed by atoms with Crippen LogP contribution in [0.15, 0.2) is 22.7 Å². The highest BCUT2D eigenvalue weighted by atomic mass is 79.9. The first-order chi connectivity index (χ1) is 8.39. The Kier molecular flexibility index (Phi) is 3.99. The Bertz CT molecular complexity index is 432. The molecule has 0 spiro atoms. The maximum absolute atomic E-state index is 9.58. The zero-order valence-corrected chi connectivity index (χ0v) is 12.7. The van der Waals surface area contributed by atoms with E-state index < -0.39 is 6.10 Å². The number of halogens is 1. The Morgan fingerprint density at radius 3 is 2.72 bits per heavy atom. The van der Waals surface area contributed by atoms with Crippen LogP contribution in [0.3, 0.4) is 0 Å². The highest BCUT2D eigenvalue weighted by Crippen LogP contribution is 2.32. The molecule has 1 atom stereocenters. The molecule has 1 aliphatic rings. The molecule has 0 aliphatic carbocycles. The Hall–Kier alpha value is -0.580. The molecule has 1 heterocycles. The van der Waals surface area contributed by atoms with Gasteiger partial charge < -0.3 is 14.7 Å². The molecule has 1 aromatic carbocycles. The molecule has 1 unspecified atom stereocenters. The number of aliphatic hydroxyl groups excluding tert-OH is 1. The number of hydrogen-bond donors (Lipinski definition) is 1. The molecule has 100 valence electrons. The van der Waals surface area contributed by atoms with Gasteiger partial charge in [0, 0.05) is 17.6 Å². The summed E-state index contributed by atoms with van der Waals surface area (Å²) in [7, 11) is 0. The maximum atomic E-state index is 9.58. The predicted molar refractivity (Wildman–Crippen MR) is 77.0 cm³/mol. The van der Waals surface area contributed by atoms with E-state index in [0.717, 1.165) is 35.4 Å². The monoisotopic (exact) mass is 313 g/mol. The van der Waals surface area contributed by atoms with E-state index in [1.807, 2.05) is 12.1 Å². The summed E-state index contributed by atoms with van der Waals surface area (Å²) in [5, 5.41) is 9.58. The van der Waals surface area contributed by atoms with Crippen molar-refractivity contribution in [2.75, 3.05) is 24.6 Å². The molecule has 1 aromatic rings. The summed E-state index contributed by atoms with van der Waals surface area (Å²) >= 11 is 3.59. The Balaban J connectivity index is 2.23. The standard InChI is InChI=1S/C14H20BrNO2/c1-10(17)11-4-5-13(12(15)8-11)16-6-7-18-14(2,3)9-16/h4-5,8,10,17H,6-7,9H2,1-3H3. The fourth-order valence-electron chi connectivity index (χ4n) is 2.26. The molecular weight excluding hydrogens is 294 g/mol. The summed E-state index contributed by atoms with van der Waals surface area (Å²) < 4.78 is 6.75. The first kappa shape index (κ1) is 13.8. The van der Waals surface area contributed by atoms with Gasteiger partial charge in [0.1, 0.15) is 0 Å². The lowest BCUT2D eigenvalue weighted by molar-refractivity contribution is -0.0277. The summed E-state index contributed by atoms with van der Waals surface area (Å²) in [5.41, 5.74) is 1.98. The van der Waals surface area contributed by atoms with Gasteiger partial charge in [-0.1, -0.05) is 6.07 Å². The van der Waals surface area contributed by atoms with Gasteiger partial charge in [0.05, 0.1) is 24.0 Å². The van der Waals surface area contributed by atoms with Crippen LogP contribution in [0.4, 0.5) is 5.69 Å². The first-order valence-corrected chi connectivity index (χ1v) is 7.05. The van der Waals surface area contributed by atoms with Crippen LogP contribution in [0, 0.1) is 0 Å². The number of anilines is 1. The van der Waals surface area contributed by atoms with Crippen molar-refractivity contribution in [1.29, 1.82) is 0 Å². The van der Waals surface area contributed by atoms with Crippen LogP contribution < -0.4 is 4.90 Å². The predicted octanol–water partition coefficient (Wildman–Crippen LogP) is 3.12. The second kappa shape index (κ2) is 5.19. The number of hydrogen-bond acceptors (Lipinski definition) is 3. The second-order valence-corrected chi connectivity index (χ2v) is 6.27. The largest absolute Gasteiger partial charge is 0.389 e. The highest BCUT2D eigenvalue weighted by Gasteiger charge is 2.28. The van der Waals surface area contributed by atoms with E-state index in [-0.39, 0.29) is 5.60 Å². The van der Waals surface area contributed by atoms with Crippen molar-refractivity contribution < 1.29 is 9.84 Å². The molecule has 3 nitrogen and oxygen atoms in total. The minimum absolute atomic E-state index is 0.110. The van der Waals surface area contributed by atoms with Gasteiger partial charge in [0.15, 0.2) is 0 Å². The van der Waals surface area contributed by atoms with Gasteiger partial charge in [0.25, 0.3) is 0 Å². The molecule has 0 radical (unpaired) electrons. The summed E-state index contributed by atoms with van der Waals surface area (Å²) in [6.07, 6.45) is -0.434. The third-order valence-electron chi connectivity index (χ3n) is 3.22. The zero-order chi connectivity index (χ0) is 13.3. The molecule has 2 rings (SSSR count). The Morgan fingerprint density at radius 1 is 1.44 bits per heavy atom. The number of ether oxygens (including phenoxy) is 1. The minimum atomic E-state index is -0.434. The quantitative estimate of drug-likeness (QED) is 0.910. The lowest BCUT2D eigenvalue weighted by Crippen LogP contribution is -2.48. The lowest BCUT2D eigenvalue weighted by Gasteiger charge is -2.40. The molecule has 1 aliphatic heterocycles. The normalized spacial score (nSPS) is 20.8. The average Bonchev–Trinajstić information content (AvgIpc) is 2.27. The van der Waals surface area contributed by atoms with Crippen molar-refractivity contribution in [2.24, 2.45) is 0 Å². The van der Waals surface area contributed by atoms with Crippen LogP contribution in [-0.4, -0.2) is 30.4 Å². The summed E-state index contributed by atoms with van der Waals surface area (Å²) in [6, 6.07) is 6.03. The lowest BCUT2D eigenvalue weighted by atomic mass is 10.1. The summed E-state index contributed by atoms with van der Waals surface area (Å²) in [5.74, 6) is 0. The fourth-order valence-corrected chi connectivity index (χ4v) is 2.91. The van der Waals surface area contributed by atoms with Crippen molar-refractivity contribution in [1.82, 2.24) is 0 Å². The van der Waals surface area contributed by atoms with Crippen LogP contribution in [0.25, 0.3) is 0 Å². The van der Waals surface area contributed by atoms with Gasteiger partial charge in [-0.25, -0.2) is 0 Å². The third kappa shape index (κ3) is 3.05. The van der Waals surface area contributed by atoms with Gasteiger partial charge in [-0.3, -0.25) is 0 Å². The van der Waals surface area contributed by atoms with Crippen molar-refractivity contribution in [3.8, 4) is 0 Å². The van der Waals surface area contributed by atoms with Gasteiger partial charge in [-0.05, 0) is 54.4 Å². The van der Waals surface area contributed by atoms with Crippen LogP contribution in [0.2, 0.25) is 0 Å². The second-order valence-electron chi connectivity index (χ2n) is 5.42. The van der Waals surface area contributed by atoms with E-state index in [1.165, 1.54) is 0 Å². The SMILES string of the molecule is CC(O)c1ccc(N2CCOC(C)(C)C2)c(Br)c1. The molecule has 18 heavy (non-hydrogen) atoms. The summed E-state index contributed by atoms with van der Waals surface area (Å²) in [6.45, 7) is 8.51. The Labute approximate surface area is 117 Å². The molecule has 0 bridgehead atoms. The van der Waals surface area contributed by atoms with Gasteiger partial charge in [-0.2, -0.15) is 0 Å². The average molecular weight is 314 g/mol.